The van der Waals surface area contributed by atoms with Crippen molar-refractivity contribution in [1.29, 1.82) is 0 Å². The van der Waals surface area contributed by atoms with Gasteiger partial charge >= 0.3 is 5.69 Å². The van der Waals surface area contributed by atoms with Crippen LogP contribution in [0, 0.1) is 0 Å². The van der Waals surface area contributed by atoms with Crippen LogP contribution in [-0.4, -0.2) is 37.3 Å². The lowest BCUT2D eigenvalue weighted by Gasteiger charge is -2.08. The van der Waals surface area contributed by atoms with Crippen molar-refractivity contribution >= 4 is 79.3 Å². The number of benzene rings is 4. The molecular formula is C33H24Cl2N8O5. The fraction of sp³-hybridized carbons (Fsp3) is 0. The highest BCUT2D eigenvalue weighted by Crippen LogP contribution is 2.21. The summed E-state index contributed by atoms with van der Waals surface area (Å²) in [6, 6.07) is 26.8. The second kappa shape index (κ2) is 13.2. The number of nitrogens with one attached hydrogen (secondary N) is 6. The lowest BCUT2D eigenvalue weighted by molar-refractivity contribution is 0.0845. The summed E-state index contributed by atoms with van der Waals surface area (Å²) in [6.45, 7) is 0. The molecule has 0 unspecified atom stereocenters. The number of carbonyl (C=O) groups excluding carboxylic acids is 3. The molecule has 7 rings (SSSR count). The molecule has 0 saturated heterocycles. The molecule has 8 N–H and O–H groups in total. The second-order valence-corrected chi connectivity index (χ2v) is 11.3. The fourth-order valence-electron chi connectivity index (χ4n) is 4.83. The number of hydrazine groups is 1. The Morgan fingerprint density at radius 3 is 1.83 bits per heavy atom. The predicted molar refractivity (Wildman–Crippen MR) is 185 cm³/mol. The van der Waals surface area contributed by atoms with Gasteiger partial charge in [-0.1, -0.05) is 47.5 Å². The molecule has 3 heterocycles. The Labute approximate surface area is 279 Å². The van der Waals surface area contributed by atoms with Gasteiger partial charge in [0, 0.05) is 37.5 Å². The van der Waals surface area contributed by atoms with Crippen LogP contribution in [0.1, 0.15) is 31.3 Å². The number of aromatic amines is 3. The van der Waals surface area contributed by atoms with Crippen LogP contribution in [-0.2, 0) is 0 Å². The predicted octanol–water partition coefficient (Wildman–Crippen LogP) is 4.69. The van der Waals surface area contributed by atoms with Crippen LogP contribution in [0.25, 0.3) is 32.7 Å². The summed E-state index contributed by atoms with van der Waals surface area (Å²) in [4.78, 5) is 69.5. The largest absolute Gasteiger partial charge is 0.398 e. The number of hydrogen-bond donors (Lipinski definition) is 7. The Hall–Kier alpha value is -6.31. The molecule has 0 saturated carbocycles. The number of anilines is 1. The first kappa shape index (κ1) is 31.7. The SMILES string of the molecule is Nc1ccccc1C(=O)NNC(=O)c1cc2cc(Cl)ccc2[nH]1.O=C(Nn1c(=O)[nH]c2ccccc2c1=O)c1cc2cc(Cl)ccc2[nH]1. The molecule has 0 bridgehead atoms. The average Bonchev–Trinajstić information content (AvgIpc) is 3.70. The van der Waals surface area contributed by atoms with Crippen molar-refractivity contribution in [2.75, 3.05) is 11.2 Å². The van der Waals surface area contributed by atoms with Gasteiger partial charge < -0.3 is 20.7 Å². The molecule has 0 radical (unpaired) electrons. The summed E-state index contributed by atoms with van der Waals surface area (Å²) in [5, 5.41) is 2.97. The first-order valence-corrected chi connectivity index (χ1v) is 14.9. The molecular weight excluding hydrogens is 659 g/mol. The highest BCUT2D eigenvalue weighted by Gasteiger charge is 2.15. The number of H-pyrrole nitrogens is 3. The third-order valence-corrected chi connectivity index (χ3v) is 7.64. The maximum absolute atomic E-state index is 12.4. The summed E-state index contributed by atoms with van der Waals surface area (Å²) in [5.74, 6) is -1.58. The maximum Gasteiger partial charge on any atom is 0.348 e. The van der Waals surface area contributed by atoms with Crippen LogP contribution in [0.3, 0.4) is 0 Å². The second-order valence-electron chi connectivity index (χ2n) is 10.4. The first-order valence-electron chi connectivity index (χ1n) is 14.1. The fourth-order valence-corrected chi connectivity index (χ4v) is 5.19. The Morgan fingerprint density at radius 2 is 1.19 bits per heavy atom. The summed E-state index contributed by atoms with van der Waals surface area (Å²) in [6.07, 6.45) is 0. The number of nitrogen functional groups attached to an aromatic ring is 1. The van der Waals surface area contributed by atoms with E-state index in [1.165, 1.54) is 0 Å². The Kier molecular flexibility index (Phi) is 8.71. The quantitative estimate of drug-likeness (QED) is 0.104. The maximum atomic E-state index is 12.4. The number of fused-ring (bicyclic) bond motifs is 3. The molecule has 4 aromatic carbocycles. The molecule has 0 atom stereocenters. The third-order valence-electron chi connectivity index (χ3n) is 7.17. The molecule has 240 valence electrons. The summed E-state index contributed by atoms with van der Waals surface area (Å²) in [7, 11) is 0. The smallest absolute Gasteiger partial charge is 0.348 e. The molecule has 0 aliphatic rings. The van der Waals surface area contributed by atoms with Gasteiger partial charge in [0.1, 0.15) is 11.4 Å². The molecule has 0 aliphatic carbocycles. The molecule has 15 heteroatoms. The van der Waals surface area contributed by atoms with E-state index in [0.717, 1.165) is 16.3 Å². The average molecular weight is 684 g/mol. The van der Waals surface area contributed by atoms with Gasteiger partial charge in [-0.2, -0.15) is 4.68 Å². The number of amides is 3. The van der Waals surface area contributed by atoms with Gasteiger partial charge in [-0.15, -0.1) is 0 Å². The van der Waals surface area contributed by atoms with Gasteiger partial charge in [-0.25, -0.2) is 4.79 Å². The number of halogens is 2. The van der Waals surface area contributed by atoms with Crippen LogP contribution in [0.4, 0.5) is 5.69 Å². The van der Waals surface area contributed by atoms with Crippen molar-refractivity contribution in [2.45, 2.75) is 0 Å². The molecule has 0 fully saturated rings. The van der Waals surface area contributed by atoms with E-state index in [-0.39, 0.29) is 11.3 Å². The molecule has 0 aliphatic heterocycles. The van der Waals surface area contributed by atoms with E-state index < -0.39 is 29.0 Å². The Balaban J connectivity index is 0.000000168. The van der Waals surface area contributed by atoms with Gasteiger partial charge in [0.25, 0.3) is 23.3 Å². The molecule has 3 aromatic heterocycles. The van der Waals surface area contributed by atoms with Gasteiger partial charge in [-0.05, 0) is 72.8 Å². The summed E-state index contributed by atoms with van der Waals surface area (Å²) < 4.78 is 0.656. The number of rotatable bonds is 4. The zero-order chi connectivity index (χ0) is 33.9. The van der Waals surface area contributed by atoms with Crippen LogP contribution < -0.4 is 33.3 Å². The molecule has 3 amide bonds. The monoisotopic (exact) mass is 682 g/mol. The van der Waals surface area contributed by atoms with Gasteiger partial charge in [-0.3, -0.25) is 35.5 Å². The number of carbonyl (C=O) groups is 3. The zero-order valence-electron chi connectivity index (χ0n) is 24.6. The van der Waals surface area contributed by atoms with E-state index in [1.807, 2.05) is 0 Å². The van der Waals surface area contributed by atoms with Crippen molar-refractivity contribution in [1.82, 2.24) is 30.5 Å². The van der Waals surface area contributed by atoms with Crippen LogP contribution >= 0.6 is 23.2 Å². The molecule has 0 spiro atoms. The van der Waals surface area contributed by atoms with E-state index in [1.54, 1.807) is 97.1 Å². The Bertz CT molecular complexity index is 2500. The van der Waals surface area contributed by atoms with Gasteiger partial charge in [0.2, 0.25) is 0 Å². The first-order chi connectivity index (χ1) is 23.1. The van der Waals surface area contributed by atoms with E-state index in [2.05, 4.69) is 31.2 Å². The van der Waals surface area contributed by atoms with Crippen molar-refractivity contribution in [3.05, 3.63) is 145 Å². The highest BCUT2D eigenvalue weighted by atomic mass is 35.5. The minimum absolute atomic E-state index is 0.205. The van der Waals surface area contributed by atoms with Crippen molar-refractivity contribution in [3.8, 4) is 0 Å². The molecule has 7 aromatic rings. The van der Waals surface area contributed by atoms with Crippen molar-refractivity contribution in [3.63, 3.8) is 0 Å². The minimum Gasteiger partial charge on any atom is -0.398 e. The highest BCUT2D eigenvalue weighted by molar-refractivity contribution is 6.31. The number of nitrogens with two attached hydrogens (primary N) is 1. The number of nitrogens with zero attached hydrogens (tertiary/aromatic N) is 1. The Morgan fingerprint density at radius 1 is 0.625 bits per heavy atom. The van der Waals surface area contributed by atoms with E-state index in [4.69, 9.17) is 28.9 Å². The van der Waals surface area contributed by atoms with E-state index in [9.17, 15) is 24.0 Å². The molecule has 13 nitrogen and oxygen atoms in total. The lowest BCUT2D eigenvalue weighted by atomic mass is 10.2. The minimum atomic E-state index is -0.726. The lowest BCUT2D eigenvalue weighted by Crippen LogP contribution is -2.43. The van der Waals surface area contributed by atoms with E-state index >= 15 is 0 Å². The normalized spacial score (nSPS) is 10.8. The van der Waals surface area contributed by atoms with Crippen molar-refractivity contribution in [2.24, 2.45) is 0 Å². The third kappa shape index (κ3) is 6.63. The number of hydrogen-bond acceptors (Lipinski definition) is 6. The van der Waals surface area contributed by atoms with Crippen LogP contribution in [0.2, 0.25) is 10.0 Å². The molecule has 48 heavy (non-hydrogen) atoms. The number of para-hydroxylation sites is 2. The van der Waals surface area contributed by atoms with Crippen LogP contribution in [0.15, 0.2) is 107 Å². The standard InChI is InChI=1S/C17H11ClN4O3.C16H13ClN4O2/c18-10-5-6-12-9(7-10)8-14(19-12)15(23)21-22-16(24)11-3-1-2-4-13(11)20-17(22)25;17-10-5-6-13-9(7-10)8-14(19-13)16(23)21-20-15(22)11-3-1-2-4-12(11)18/h1-8,19H,(H,20,25)(H,21,23);1-8,19H,18H2,(H,20,22)(H,21,23). The van der Waals surface area contributed by atoms with E-state index in [0.29, 0.717) is 42.5 Å². The summed E-state index contributed by atoms with van der Waals surface area (Å²) >= 11 is 11.8. The zero-order valence-corrected chi connectivity index (χ0v) is 26.1. The number of aromatic nitrogens is 4. The van der Waals surface area contributed by atoms with Gasteiger partial charge in [0.15, 0.2) is 0 Å². The summed E-state index contributed by atoms with van der Waals surface area (Å²) in [5.41, 5.74) is 14.4. The topological polar surface area (TPSA) is 200 Å². The van der Waals surface area contributed by atoms with Gasteiger partial charge in [0.05, 0.1) is 16.5 Å². The van der Waals surface area contributed by atoms with Crippen molar-refractivity contribution < 1.29 is 14.4 Å². The van der Waals surface area contributed by atoms with Crippen LogP contribution in [0.5, 0.6) is 0 Å².